The molecule has 0 unspecified atom stereocenters. The quantitative estimate of drug-likeness (QED) is 0.455. The van der Waals surface area contributed by atoms with Gasteiger partial charge in [0.25, 0.3) is 0 Å². The van der Waals surface area contributed by atoms with Gasteiger partial charge in [-0.25, -0.2) is 0 Å². The Kier molecular flexibility index (Phi) is 18.1. The van der Waals surface area contributed by atoms with E-state index in [1.54, 1.807) is 6.92 Å². The van der Waals surface area contributed by atoms with Gasteiger partial charge in [0, 0.05) is 6.42 Å². The van der Waals surface area contributed by atoms with Gasteiger partial charge >= 0.3 is 0 Å². The Labute approximate surface area is 157 Å². The van der Waals surface area contributed by atoms with E-state index in [0.29, 0.717) is 6.42 Å². The van der Waals surface area contributed by atoms with Crippen molar-refractivity contribution in [3.05, 3.63) is 41.0 Å². The first-order chi connectivity index (χ1) is 11.8. The molecule has 144 valence electrons. The summed E-state index contributed by atoms with van der Waals surface area (Å²) in [7, 11) is 0. The number of hydrogen-bond donors (Lipinski definition) is 0. The van der Waals surface area contributed by atoms with Crippen LogP contribution in [0.2, 0.25) is 0 Å². The highest BCUT2D eigenvalue weighted by Crippen LogP contribution is 2.20. The van der Waals surface area contributed by atoms with Crippen LogP contribution in [0.25, 0.3) is 5.57 Å². The van der Waals surface area contributed by atoms with Gasteiger partial charge in [-0.2, -0.15) is 0 Å². The fraction of sp³-hybridized carbons (Fsp3) is 0.625. The van der Waals surface area contributed by atoms with Gasteiger partial charge in [-0.15, -0.1) is 0 Å². The monoisotopic (exact) mass is 346 g/mol. The molecule has 0 fully saturated rings. The number of carbonyl (C=O) groups is 1. The van der Waals surface area contributed by atoms with Gasteiger partial charge in [-0.1, -0.05) is 89.1 Å². The zero-order valence-corrected chi connectivity index (χ0v) is 18.2. The van der Waals surface area contributed by atoms with Gasteiger partial charge in [0.15, 0.2) is 0 Å². The zero-order chi connectivity index (χ0) is 19.7. The maximum Gasteiger partial charge on any atom is 0.129 e. The number of Topliss-reactive ketones (excluding diaryl/α,β-unsaturated/α-hetero) is 1. The van der Waals surface area contributed by atoms with Crippen molar-refractivity contribution in [2.45, 2.75) is 100 Å². The largest absolute Gasteiger partial charge is 0.300 e. The maximum absolute atomic E-state index is 9.81. The summed E-state index contributed by atoms with van der Waals surface area (Å²) in [6.07, 6.45) is 9.15. The summed E-state index contributed by atoms with van der Waals surface area (Å²) in [5, 5.41) is 0. The minimum Gasteiger partial charge on any atom is -0.300 e. The SMILES string of the molecule is CC(C)=C(C)c1ccccc1C.CCC(C)=O.CCCCCCCC. The first kappa shape index (κ1) is 25.9. The first-order valence-corrected chi connectivity index (χ1v) is 10.0. The van der Waals surface area contributed by atoms with Crippen molar-refractivity contribution in [3.8, 4) is 0 Å². The van der Waals surface area contributed by atoms with Gasteiger partial charge in [-0.05, 0) is 51.3 Å². The predicted octanol–water partition coefficient (Wildman–Crippen LogP) is 8.16. The topological polar surface area (TPSA) is 17.1 Å². The van der Waals surface area contributed by atoms with Gasteiger partial charge in [-0.3, -0.25) is 0 Å². The van der Waals surface area contributed by atoms with E-state index in [4.69, 9.17) is 0 Å². The molecule has 0 aromatic heterocycles. The number of benzene rings is 1. The van der Waals surface area contributed by atoms with Crippen molar-refractivity contribution in [1.29, 1.82) is 0 Å². The highest BCUT2D eigenvalue weighted by Gasteiger charge is 1.99. The number of unbranched alkanes of at least 4 members (excludes halogenated alkanes) is 5. The molecule has 0 N–H and O–H groups in total. The molecule has 0 aliphatic rings. The van der Waals surface area contributed by atoms with E-state index in [9.17, 15) is 4.79 Å². The molecule has 25 heavy (non-hydrogen) atoms. The summed E-state index contributed by atoms with van der Waals surface area (Å²) in [6, 6.07) is 8.51. The zero-order valence-electron chi connectivity index (χ0n) is 18.2. The Morgan fingerprint density at radius 2 is 1.24 bits per heavy atom. The fourth-order valence-corrected chi connectivity index (χ4v) is 2.12. The van der Waals surface area contributed by atoms with Gasteiger partial charge in [0.1, 0.15) is 5.78 Å². The van der Waals surface area contributed by atoms with E-state index in [2.05, 4.69) is 65.8 Å². The highest BCUT2D eigenvalue weighted by molar-refractivity contribution is 5.74. The maximum atomic E-state index is 9.81. The smallest absolute Gasteiger partial charge is 0.129 e. The molecule has 1 nitrogen and oxygen atoms in total. The molecule has 1 aromatic carbocycles. The molecular weight excluding hydrogens is 304 g/mol. The van der Waals surface area contributed by atoms with Crippen molar-refractivity contribution in [2.24, 2.45) is 0 Å². The Balaban J connectivity index is 0. The molecule has 0 saturated heterocycles. The van der Waals surface area contributed by atoms with Gasteiger partial charge in [0.2, 0.25) is 0 Å². The summed E-state index contributed by atoms with van der Waals surface area (Å²) in [4.78, 5) is 9.81. The predicted molar refractivity (Wildman–Crippen MR) is 115 cm³/mol. The summed E-state index contributed by atoms with van der Waals surface area (Å²) in [5.74, 6) is 0.255. The second-order valence-electron chi connectivity index (χ2n) is 6.91. The third kappa shape index (κ3) is 15.9. The van der Waals surface area contributed by atoms with Crippen LogP contribution in [0.4, 0.5) is 0 Å². The molecule has 1 heteroatoms. The van der Waals surface area contributed by atoms with E-state index in [1.165, 1.54) is 60.8 Å². The van der Waals surface area contributed by atoms with E-state index in [0.717, 1.165) is 0 Å². The van der Waals surface area contributed by atoms with Gasteiger partial charge in [0.05, 0.1) is 0 Å². The molecule has 0 spiro atoms. The van der Waals surface area contributed by atoms with Crippen molar-refractivity contribution in [1.82, 2.24) is 0 Å². The Morgan fingerprint density at radius 1 is 0.800 bits per heavy atom. The van der Waals surface area contributed by atoms with Crippen LogP contribution in [0.15, 0.2) is 29.8 Å². The van der Waals surface area contributed by atoms with Crippen LogP contribution in [0.5, 0.6) is 0 Å². The molecule has 0 aliphatic carbocycles. The second-order valence-corrected chi connectivity index (χ2v) is 6.91. The average molecular weight is 347 g/mol. The molecule has 0 aliphatic heterocycles. The lowest BCUT2D eigenvalue weighted by atomic mass is 9.99. The van der Waals surface area contributed by atoms with E-state index < -0.39 is 0 Å². The summed E-state index contributed by atoms with van der Waals surface area (Å²) in [5.41, 5.74) is 5.52. The van der Waals surface area contributed by atoms with Crippen LogP contribution in [0.3, 0.4) is 0 Å². The van der Waals surface area contributed by atoms with Crippen LogP contribution in [-0.2, 0) is 4.79 Å². The summed E-state index contributed by atoms with van der Waals surface area (Å²) >= 11 is 0. The first-order valence-electron chi connectivity index (χ1n) is 10.0. The number of allylic oxidation sites excluding steroid dienone is 2. The molecule has 0 amide bonds. The highest BCUT2D eigenvalue weighted by atomic mass is 16.1. The summed E-state index contributed by atoms with van der Waals surface area (Å²) in [6.45, 7) is 16.6. The normalized spacial score (nSPS) is 9.28. The van der Waals surface area contributed by atoms with Crippen molar-refractivity contribution in [3.63, 3.8) is 0 Å². The third-order valence-electron chi connectivity index (χ3n) is 4.25. The number of aryl methyl sites for hydroxylation is 1. The fourth-order valence-electron chi connectivity index (χ4n) is 2.12. The molecule has 0 bridgehead atoms. The average Bonchev–Trinajstić information content (AvgIpc) is 2.59. The van der Waals surface area contributed by atoms with Crippen LogP contribution in [0, 0.1) is 6.92 Å². The number of ketones is 1. The van der Waals surface area contributed by atoms with Crippen molar-refractivity contribution >= 4 is 11.4 Å². The molecule has 1 rings (SSSR count). The second kappa shape index (κ2) is 17.5. The standard InChI is InChI=1S/C12H16.C8H18.C4H8O/c1-9(2)11(4)12-8-6-5-7-10(12)3;1-3-5-7-8-6-4-2;1-3-4(2)5/h5-8H,1-4H3;3-8H2,1-2H3;3H2,1-2H3. The van der Waals surface area contributed by atoms with Gasteiger partial charge < -0.3 is 4.79 Å². The molecule has 0 radical (unpaired) electrons. The molecule has 1 aromatic rings. The van der Waals surface area contributed by atoms with Crippen LogP contribution < -0.4 is 0 Å². The lowest BCUT2D eigenvalue weighted by molar-refractivity contribution is -0.116. The minimum absolute atomic E-state index is 0.255. The lowest BCUT2D eigenvalue weighted by Crippen LogP contribution is -1.86. The van der Waals surface area contributed by atoms with Crippen LogP contribution >= 0.6 is 0 Å². The number of hydrogen-bond acceptors (Lipinski definition) is 1. The summed E-state index contributed by atoms with van der Waals surface area (Å²) < 4.78 is 0. The van der Waals surface area contributed by atoms with Crippen LogP contribution in [0.1, 0.15) is 105 Å². The van der Waals surface area contributed by atoms with Crippen molar-refractivity contribution < 1.29 is 4.79 Å². The van der Waals surface area contributed by atoms with E-state index in [-0.39, 0.29) is 5.78 Å². The number of rotatable bonds is 7. The Bertz CT molecular complexity index is 473. The third-order valence-corrected chi connectivity index (χ3v) is 4.25. The molecule has 0 atom stereocenters. The van der Waals surface area contributed by atoms with E-state index in [1.807, 2.05) is 6.92 Å². The Hall–Kier alpha value is -1.37. The molecule has 0 saturated carbocycles. The Morgan fingerprint density at radius 3 is 1.56 bits per heavy atom. The molecular formula is C24H42O. The lowest BCUT2D eigenvalue weighted by Gasteiger charge is -2.07. The van der Waals surface area contributed by atoms with Crippen molar-refractivity contribution in [2.75, 3.05) is 0 Å². The van der Waals surface area contributed by atoms with Crippen LogP contribution in [-0.4, -0.2) is 5.78 Å². The molecule has 0 heterocycles. The number of carbonyl (C=O) groups excluding carboxylic acids is 1. The van der Waals surface area contributed by atoms with E-state index >= 15 is 0 Å². The minimum atomic E-state index is 0.255.